The number of halogens is 1. The van der Waals surface area contributed by atoms with Gasteiger partial charge in [0.2, 0.25) is 0 Å². The molecule has 0 aliphatic carbocycles. The summed E-state index contributed by atoms with van der Waals surface area (Å²) in [5, 5.41) is 11.5. The van der Waals surface area contributed by atoms with Crippen LogP contribution < -0.4 is 5.32 Å². The van der Waals surface area contributed by atoms with Crippen molar-refractivity contribution < 1.29 is 14.3 Å². The van der Waals surface area contributed by atoms with Crippen LogP contribution in [0.3, 0.4) is 0 Å². The Morgan fingerprint density at radius 1 is 1.41 bits per heavy atom. The van der Waals surface area contributed by atoms with Crippen LogP contribution in [0.2, 0.25) is 0 Å². The smallest absolute Gasteiger partial charge is 0.251 e. The van der Waals surface area contributed by atoms with Gasteiger partial charge in [-0.2, -0.15) is 0 Å². The summed E-state index contributed by atoms with van der Waals surface area (Å²) in [6.07, 6.45) is 0. The highest BCUT2D eigenvalue weighted by Gasteiger charge is 2.11. The monoisotopic (exact) mass is 239 g/mol. The number of hydrogen-bond acceptors (Lipinski definition) is 2. The van der Waals surface area contributed by atoms with E-state index >= 15 is 0 Å². The fourth-order valence-electron chi connectivity index (χ4n) is 1.51. The molecule has 2 N–H and O–H groups in total. The van der Waals surface area contributed by atoms with Gasteiger partial charge in [-0.15, -0.1) is 0 Å². The van der Waals surface area contributed by atoms with Crippen LogP contribution in [0.25, 0.3) is 0 Å². The Balaban J connectivity index is 2.76. The number of rotatable bonds is 4. The third-order valence-corrected chi connectivity index (χ3v) is 2.62. The fourth-order valence-corrected chi connectivity index (χ4v) is 1.51. The first-order chi connectivity index (χ1) is 7.95. The molecule has 0 heterocycles. The van der Waals surface area contributed by atoms with E-state index in [2.05, 4.69) is 5.32 Å². The molecule has 1 aromatic rings. The summed E-state index contributed by atoms with van der Waals surface area (Å²) >= 11 is 0. The number of nitrogens with one attached hydrogen (secondary N) is 1. The van der Waals surface area contributed by atoms with E-state index in [0.29, 0.717) is 23.2 Å². The summed E-state index contributed by atoms with van der Waals surface area (Å²) < 4.78 is 13.4. The summed E-state index contributed by atoms with van der Waals surface area (Å²) in [5.41, 5.74) is 1.38. The van der Waals surface area contributed by atoms with Crippen LogP contribution >= 0.6 is 0 Å². The van der Waals surface area contributed by atoms with E-state index in [-0.39, 0.29) is 24.2 Å². The maximum Gasteiger partial charge on any atom is 0.251 e. The fraction of sp³-hybridized carbons (Fsp3) is 0.462. The first-order valence-corrected chi connectivity index (χ1v) is 5.61. The molecule has 0 aromatic heterocycles. The van der Waals surface area contributed by atoms with Gasteiger partial charge in [-0.25, -0.2) is 4.39 Å². The molecule has 1 atom stereocenters. The number of carbonyl (C=O) groups is 1. The van der Waals surface area contributed by atoms with Gasteiger partial charge in [-0.1, -0.05) is 6.92 Å². The van der Waals surface area contributed by atoms with Crippen LogP contribution in [0.5, 0.6) is 0 Å². The molecule has 4 heteroatoms. The topological polar surface area (TPSA) is 49.3 Å². The number of benzene rings is 1. The third kappa shape index (κ3) is 3.53. The highest BCUT2D eigenvalue weighted by atomic mass is 19.1. The summed E-state index contributed by atoms with van der Waals surface area (Å²) in [7, 11) is 0. The molecule has 0 bridgehead atoms. The van der Waals surface area contributed by atoms with Gasteiger partial charge < -0.3 is 10.4 Å². The number of aliphatic hydroxyl groups is 1. The van der Waals surface area contributed by atoms with E-state index in [4.69, 9.17) is 5.11 Å². The second-order valence-electron chi connectivity index (χ2n) is 4.42. The second kappa shape index (κ2) is 5.77. The molecule has 17 heavy (non-hydrogen) atoms. The van der Waals surface area contributed by atoms with Crippen molar-refractivity contribution in [3.05, 3.63) is 34.6 Å². The predicted molar refractivity (Wildman–Crippen MR) is 64.5 cm³/mol. The summed E-state index contributed by atoms with van der Waals surface area (Å²) in [6, 6.07) is 3.06. The Kier molecular flexibility index (Phi) is 4.63. The summed E-state index contributed by atoms with van der Waals surface area (Å²) in [4.78, 5) is 11.8. The van der Waals surface area contributed by atoms with Gasteiger partial charge >= 0.3 is 0 Å². The first-order valence-electron chi connectivity index (χ1n) is 5.61. The lowest BCUT2D eigenvalue weighted by Gasteiger charge is -2.11. The average molecular weight is 239 g/mol. The zero-order valence-corrected chi connectivity index (χ0v) is 10.4. The molecule has 1 amide bonds. The normalized spacial score (nSPS) is 12.3. The van der Waals surface area contributed by atoms with Gasteiger partial charge in [-0.3, -0.25) is 4.79 Å². The first kappa shape index (κ1) is 13.6. The van der Waals surface area contributed by atoms with Crippen molar-refractivity contribution in [2.45, 2.75) is 20.8 Å². The van der Waals surface area contributed by atoms with Crippen LogP contribution in [0, 0.1) is 25.6 Å². The Hall–Kier alpha value is -1.42. The van der Waals surface area contributed by atoms with E-state index in [9.17, 15) is 9.18 Å². The minimum Gasteiger partial charge on any atom is -0.396 e. The van der Waals surface area contributed by atoms with Crippen molar-refractivity contribution in [3.8, 4) is 0 Å². The Morgan fingerprint density at radius 2 is 1.94 bits per heavy atom. The van der Waals surface area contributed by atoms with E-state index in [1.807, 2.05) is 6.92 Å². The van der Waals surface area contributed by atoms with Crippen molar-refractivity contribution in [2.75, 3.05) is 13.2 Å². The van der Waals surface area contributed by atoms with Gasteiger partial charge in [0.15, 0.2) is 0 Å². The van der Waals surface area contributed by atoms with E-state index in [1.54, 1.807) is 13.8 Å². The molecule has 0 aliphatic heterocycles. The average Bonchev–Trinajstić information content (AvgIpc) is 2.31. The Bertz CT molecular complexity index is 395. The van der Waals surface area contributed by atoms with Gasteiger partial charge in [-0.05, 0) is 43.0 Å². The third-order valence-electron chi connectivity index (χ3n) is 2.62. The Morgan fingerprint density at radius 3 is 2.41 bits per heavy atom. The molecule has 0 spiro atoms. The number of hydrogen-bond donors (Lipinski definition) is 2. The highest BCUT2D eigenvalue weighted by molar-refractivity contribution is 5.94. The van der Waals surface area contributed by atoms with Crippen LogP contribution in [0.4, 0.5) is 4.39 Å². The van der Waals surface area contributed by atoms with Crippen LogP contribution in [-0.2, 0) is 0 Å². The standard InChI is InChI=1S/C13H18FNO2/c1-8(7-16)6-15-13(17)11-4-9(2)12(14)10(3)5-11/h4-5,8,16H,6-7H2,1-3H3,(H,15,17). The second-order valence-corrected chi connectivity index (χ2v) is 4.42. The van der Waals surface area contributed by atoms with E-state index < -0.39 is 0 Å². The molecule has 0 radical (unpaired) electrons. The van der Waals surface area contributed by atoms with Crippen molar-refractivity contribution in [2.24, 2.45) is 5.92 Å². The molecular weight excluding hydrogens is 221 g/mol. The number of aliphatic hydroxyl groups excluding tert-OH is 1. The number of carbonyl (C=O) groups excluding carboxylic acids is 1. The van der Waals surface area contributed by atoms with Gasteiger partial charge in [0, 0.05) is 18.7 Å². The zero-order chi connectivity index (χ0) is 13.0. The van der Waals surface area contributed by atoms with Crippen LogP contribution in [0.15, 0.2) is 12.1 Å². The molecule has 0 aliphatic rings. The summed E-state index contributed by atoms with van der Waals surface area (Å²) in [5.74, 6) is -0.497. The largest absolute Gasteiger partial charge is 0.396 e. The van der Waals surface area contributed by atoms with Gasteiger partial charge in [0.1, 0.15) is 5.82 Å². The van der Waals surface area contributed by atoms with Gasteiger partial charge in [0.05, 0.1) is 0 Å². The Labute approximate surface area is 101 Å². The molecular formula is C13H18FNO2. The molecule has 0 fully saturated rings. The van der Waals surface area contributed by atoms with Crippen LogP contribution in [-0.4, -0.2) is 24.2 Å². The minimum atomic E-state index is -0.273. The summed E-state index contributed by atoms with van der Waals surface area (Å²) in [6.45, 7) is 5.54. The molecule has 1 aromatic carbocycles. The lowest BCUT2D eigenvalue weighted by atomic mass is 10.1. The van der Waals surface area contributed by atoms with Crippen molar-refractivity contribution in [1.29, 1.82) is 0 Å². The SMILES string of the molecule is Cc1cc(C(=O)NCC(C)CO)cc(C)c1F. The zero-order valence-electron chi connectivity index (χ0n) is 10.4. The molecule has 0 saturated heterocycles. The van der Waals surface area contributed by atoms with Crippen molar-refractivity contribution in [1.82, 2.24) is 5.32 Å². The molecule has 94 valence electrons. The maximum atomic E-state index is 13.4. The molecule has 0 saturated carbocycles. The number of amides is 1. The van der Waals surface area contributed by atoms with E-state index in [0.717, 1.165) is 0 Å². The lowest BCUT2D eigenvalue weighted by molar-refractivity contribution is 0.0942. The number of aryl methyl sites for hydroxylation is 2. The van der Waals surface area contributed by atoms with Gasteiger partial charge in [0.25, 0.3) is 5.91 Å². The molecule has 1 rings (SSSR count). The van der Waals surface area contributed by atoms with Crippen molar-refractivity contribution in [3.63, 3.8) is 0 Å². The van der Waals surface area contributed by atoms with E-state index in [1.165, 1.54) is 12.1 Å². The molecule has 3 nitrogen and oxygen atoms in total. The predicted octanol–water partition coefficient (Wildman–Crippen LogP) is 1.80. The maximum absolute atomic E-state index is 13.4. The quantitative estimate of drug-likeness (QED) is 0.841. The van der Waals surface area contributed by atoms with Crippen molar-refractivity contribution >= 4 is 5.91 Å². The molecule has 1 unspecified atom stereocenters. The highest BCUT2D eigenvalue weighted by Crippen LogP contribution is 2.14. The minimum absolute atomic E-state index is 0.0154. The van der Waals surface area contributed by atoms with Crippen LogP contribution in [0.1, 0.15) is 28.4 Å². The lowest BCUT2D eigenvalue weighted by Crippen LogP contribution is -2.29.